The van der Waals surface area contributed by atoms with E-state index < -0.39 is 0 Å². The van der Waals surface area contributed by atoms with E-state index in [9.17, 15) is 4.79 Å². The van der Waals surface area contributed by atoms with E-state index in [-0.39, 0.29) is 12.1 Å². The molecule has 1 aromatic carbocycles. The molecule has 1 heterocycles. The number of hydrogen-bond acceptors (Lipinski definition) is 2. The molecule has 2 unspecified atom stereocenters. The van der Waals surface area contributed by atoms with E-state index in [1.807, 2.05) is 24.3 Å². The van der Waals surface area contributed by atoms with Crippen LogP contribution < -0.4 is 0 Å². The van der Waals surface area contributed by atoms with Crippen LogP contribution in [0.4, 0.5) is 0 Å². The Balaban J connectivity index is 2.21. The van der Waals surface area contributed by atoms with E-state index in [0.29, 0.717) is 15.4 Å². The first-order valence-corrected chi connectivity index (χ1v) is 6.38. The van der Waals surface area contributed by atoms with Crippen LogP contribution >= 0.6 is 34.2 Å². The normalized spacial score (nSPS) is 26.1. The fourth-order valence-corrected chi connectivity index (χ4v) is 2.61. The van der Waals surface area contributed by atoms with Crippen LogP contribution in [-0.2, 0) is 9.53 Å². The van der Waals surface area contributed by atoms with E-state index in [0.717, 1.165) is 12.0 Å². The molecule has 0 bridgehead atoms. The molecule has 15 heavy (non-hydrogen) atoms. The van der Waals surface area contributed by atoms with Gasteiger partial charge in [0.15, 0.2) is 0 Å². The summed E-state index contributed by atoms with van der Waals surface area (Å²) in [5, 5.41) is 0.700. The molecule has 2 rings (SSSR count). The Labute approximate surface area is 107 Å². The van der Waals surface area contributed by atoms with E-state index in [4.69, 9.17) is 16.3 Å². The maximum Gasteiger partial charge on any atom is 0.306 e. The number of cyclic esters (lactones) is 1. The molecule has 1 fully saturated rings. The second-order valence-electron chi connectivity index (χ2n) is 3.52. The van der Waals surface area contributed by atoms with Crippen molar-refractivity contribution >= 4 is 40.2 Å². The lowest BCUT2D eigenvalue weighted by Gasteiger charge is -2.27. The van der Waals surface area contributed by atoms with Crippen molar-refractivity contribution in [3.63, 3.8) is 0 Å². The molecule has 0 amide bonds. The van der Waals surface area contributed by atoms with Gasteiger partial charge in [-0.05, 0) is 24.1 Å². The Morgan fingerprint density at radius 1 is 1.33 bits per heavy atom. The second kappa shape index (κ2) is 4.70. The first-order valence-electron chi connectivity index (χ1n) is 4.76. The summed E-state index contributed by atoms with van der Waals surface area (Å²) < 4.78 is 5.68. The molecule has 2 atom stereocenters. The van der Waals surface area contributed by atoms with Crippen molar-refractivity contribution in [3.8, 4) is 0 Å². The van der Waals surface area contributed by atoms with Gasteiger partial charge in [0.05, 0.1) is 3.92 Å². The predicted octanol–water partition coefficient (Wildman–Crippen LogP) is 3.52. The Morgan fingerprint density at radius 2 is 2.00 bits per heavy atom. The van der Waals surface area contributed by atoms with Crippen molar-refractivity contribution in [2.24, 2.45) is 0 Å². The average molecular weight is 337 g/mol. The lowest BCUT2D eigenvalue weighted by atomic mass is 10.0. The third-order valence-corrected chi connectivity index (χ3v) is 3.94. The molecular weight excluding hydrogens is 326 g/mol. The number of hydrogen-bond donors (Lipinski definition) is 0. The maximum absolute atomic E-state index is 11.2. The number of carbonyl (C=O) groups is 1. The number of halogens is 2. The first-order chi connectivity index (χ1) is 7.16. The van der Waals surface area contributed by atoms with Crippen LogP contribution in [0, 0.1) is 0 Å². The van der Waals surface area contributed by atoms with Gasteiger partial charge in [-0.25, -0.2) is 0 Å². The molecule has 0 aromatic heterocycles. The van der Waals surface area contributed by atoms with Gasteiger partial charge in [-0.15, -0.1) is 0 Å². The standard InChI is InChI=1S/C11H10ClIO2/c12-8-3-1-7(2-4-8)11-9(13)5-6-10(14)15-11/h1-4,9,11H,5-6H2. The highest BCUT2D eigenvalue weighted by Crippen LogP contribution is 2.34. The van der Waals surface area contributed by atoms with Crippen LogP contribution in [-0.4, -0.2) is 9.89 Å². The molecule has 80 valence electrons. The summed E-state index contributed by atoms with van der Waals surface area (Å²) in [5.74, 6) is -0.108. The van der Waals surface area contributed by atoms with Crippen molar-refractivity contribution < 1.29 is 9.53 Å². The zero-order chi connectivity index (χ0) is 10.8. The molecule has 1 aromatic rings. The topological polar surface area (TPSA) is 26.3 Å². The largest absolute Gasteiger partial charge is 0.456 e. The van der Waals surface area contributed by atoms with Crippen molar-refractivity contribution in [3.05, 3.63) is 34.9 Å². The summed E-state index contributed by atoms with van der Waals surface area (Å²) in [7, 11) is 0. The van der Waals surface area contributed by atoms with E-state index in [1.165, 1.54) is 0 Å². The predicted molar refractivity (Wildman–Crippen MR) is 67.3 cm³/mol. The van der Waals surface area contributed by atoms with Crippen molar-refractivity contribution in [2.75, 3.05) is 0 Å². The summed E-state index contributed by atoms with van der Waals surface area (Å²) in [6.07, 6.45) is 1.29. The lowest BCUT2D eigenvalue weighted by molar-refractivity contribution is -0.153. The van der Waals surface area contributed by atoms with Crippen molar-refractivity contribution in [2.45, 2.75) is 22.9 Å². The number of esters is 1. The van der Waals surface area contributed by atoms with E-state index in [1.54, 1.807) is 0 Å². The molecule has 0 saturated carbocycles. The second-order valence-corrected chi connectivity index (χ2v) is 5.55. The van der Waals surface area contributed by atoms with Gasteiger partial charge in [-0.1, -0.05) is 46.3 Å². The average Bonchev–Trinajstić information content (AvgIpc) is 2.23. The zero-order valence-corrected chi connectivity index (χ0v) is 10.9. The van der Waals surface area contributed by atoms with Crippen LogP contribution in [0.5, 0.6) is 0 Å². The van der Waals surface area contributed by atoms with Crippen LogP contribution in [0.3, 0.4) is 0 Å². The number of benzene rings is 1. The monoisotopic (exact) mass is 336 g/mol. The SMILES string of the molecule is O=C1CCC(I)C(c2ccc(Cl)cc2)O1. The Kier molecular flexibility index (Phi) is 3.51. The fourth-order valence-electron chi connectivity index (χ4n) is 1.61. The van der Waals surface area contributed by atoms with Crippen LogP contribution in [0.15, 0.2) is 24.3 Å². The van der Waals surface area contributed by atoms with Crippen LogP contribution in [0.2, 0.25) is 5.02 Å². The quantitative estimate of drug-likeness (QED) is 0.445. The highest BCUT2D eigenvalue weighted by molar-refractivity contribution is 14.1. The highest BCUT2D eigenvalue weighted by Gasteiger charge is 2.29. The van der Waals surface area contributed by atoms with Gasteiger partial charge in [-0.2, -0.15) is 0 Å². The molecule has 2 nitrogen and oxygen atoms in total. The van der Waals surface area contributed by atoms with Crippen molar-refractivity contribution in [1.29, 1.82) is 0 Å². The van der Waals surface area contributed by atoms with Crippen LogP contribution in [0.1, 0.15) is 24.5 Å². The minimum absolute atomic E-state index is 0.108. The van der Waals surface area contributed by atoms with Gasteiger partial charge in [-0.3, -0.25) is 4.79 Å². The number of carbonyl (C=O) groups excluding carboxylic acids is 1. The molecular formula is C11H10ClIO2. The van der Waals surface area contributed by atoms with Gasteiger partial charge in [0.25, 0.3) is 0 Å². The Hall–Kier alpha value is -0.290. The number of ether oxygens (including phenoxy) is 1. The molecule has 0 N–H and O–H groups in total. The summed E-state index contributed by atoms with van der Waals surface area (Å²) in [4.78, 5) is 11.2. The third-order valence-electron chi connectivity index (χ3n) is 2.41. The lowest BCUT2D eigenvalue weighted by Crippen LogP contribution is -2.26. The minimum Gasteiger partial charge on any atom is -0.456 e. The summed E-state index contributed by atoms with van der Waals surface area (Å²) >= 11 is 8.14. The highest BCUT2D eigenvalue weighted by atomic mass is 127. The summed E-state index contributed by atoms with van der Waals surface area (Å²) in [5.41, 5.74) is 1.02. The molecule has 0 aliphatic carbocycles. The number of alkyl halides is 1. The number of rotatable bonds is 1. The molecule has 0 radical (unpaired) electrons. The van der Waals surface area contributed by atoms with Gasteiger partial charge in [0, 0.05) is 11.4 Å². The minimum atomic E-state index is -0.121. The van der Waals surface area contributed by atoms with E-state index in [2.05, 4.69) is 22.6 Å². The molecule has 1 saturated heterocycles. The van der Waals surface area contributed by atoms with Gasteiger partial charge < -0.3 is 4.74 Å². The van der Waals surface area contributed by atoms with Crippen molar-refractivity contribution in [1.82, 2.24) is 0 Å². The first kappa shape index (κ1) is 11.2. The zero-order valence-electron chi connectivity index (χ0n) is 7.95. The van der Waals surface area contributed by atoms with Gasteiger partial charge in [0.1, 0.15) is 6.10 Å². The molecule has 0 spiro atoms. The van der Waals surface area contributed by atoms with Crippen LogP contribution in [0.25, 0.3) is 0 Å². The Bertz CT molecular complexity index is 363. The van der Waals surface area contributed by atoms with Gasteiger partial charge in [0.2, 0.25) is 0 Å². The third kappa shape index (κ3) is 2.64. The smallest absolute Gasteiger partial charge is 0.306 e. The maximum atomic E-state index is 11.2. The molecule has 1 aliphatic rings. The molecule has 1 aliphatic heterocycles. The summed E-state index contributed by atoms with van der Waals surface area (Å²) in [6.45, 7) is 0. The van der Waals surface area contributed by atoms with E-state index >= 15 is 0 Å². The molecule has 4 heteroatoms. The summed E-state index contributed by atoms with van der Waals surface area (Å²) in [6, 6.07) is 7.47. The Morgan fingerprint density at radius 3 is 2.67 bits per heavy atom. The van der Waals surface area contributed by atoms with Gasteiger partial charge >= 0.3 is 5.97 Å². The fraction of sp³-hybridized carbons (Fsp3) is 0.364.